The molecule has 1 aliphatic carbocycles. The number of nitrogens with zero attached hydrogens (tertiary/aromatic N) is 1. The first-order chi connectivity index (χ1) is 11.7. The molecule has 2 aromatic rings. The molecule has 2 fully saturated rings. The molecule has 1 aliphatic heterocycles. The summed E-state index contributed by atoms with van der Waals surface area (Å²) in [6, 6.07) is 14.3. The van der Waals surface area contributed by atoms with Gasteiger partial charge in [0.05, 0.1) is 0 Å². The number of benzene rings is 2. The summed E-state index contributed by atoms with van der Waals surface area (Å²) >= 11 is 0. The Balaban J connectivity index is 1.34. The molecule has 0 atom stereocenters. The minimum Gasteiger partial charge on any atom is -0.325 e. The maximum absolute atomic E-state index is 12.4. The van der Waals surface area contributed by atoms with Crippen molar-refractivity contribution in [2.75, 3.05) is 25.0 Å². The summed E-state index contributed by atoms with van der Waals surface area (Å²) in [4.78, 5) is 14.9. The highest BCUT2D eigenvalue weighted by Crippen LogP contribution is 2.45. The Kier molecular flexibility index (Phi) is 4.28. The molecule has 1 saturated carbocycles. The maximum Gasteiger partial charge on any atom is 0.225 e. The van der Waals surface area contributed by atoms with E-state index in [0.29, 0.717) is 11.8 Å². The van der Waals surface area contributed by atoms with Gasteiger partial charge in [-0.3, -0.25) is 4.79 Å². The van der Waals surface area contributed by atoms with Crippen LogP contribution in [0.4, 0.5) is 5.69 Å². The van der Waals surface area contributed by atoms with Crippen LogP contribution >= 0.6 is 0 Å². The second-order valence-corrected chi connectivity index (χ2v) is 7.56. The lowest BCUT2D eigenvalue weighted by Crippen LogP contribution is -2.28. The van der Waals surface area contributed by atoms with E-state index >= 15 is 0 Å². The standard InChI is InChI=1S/C21H26N2O/c24-20(10-14-23-15-13-21(16-23)11-3-4-12-21)22-19-9-5-7-17-6-1-2-8-18(17)19/h1-2,5-9H,3-4,10-16H2,(H,22,24). The zero-order valence-corrected chi connectivity index (χ0v) is 14.3. The van der Waals surface area contributed by atoms with E-state index in [2.05, 4.69) is 28.4 Å². The first kappa shape index (κ1) is 15.6. The van der Waals surface area contributed by atoms with Crippen molar-refractivity contribution in [3.8, 4) is 0 Å². The second-order valence-electron chi connectivity index (χ2n) is 7.56. The number of carbonyl (C=O) groups excluding carboxylic acids is 1. The lowest BCUT2D eigenvalue weighted by Gasteiger charge is -2.23. The molecular formula is C21H26N2O. The van der Waals surface area contributed by atoms with Crippen molar-refractivity contribution in [3.05, 3.63) is 42.5 Å². The van der Waals surface area contributed by atoms with E-state index in [-0.39, 0.29) is 5.91 Å². The number of hydrogen-bond donors (Lipinski definition) is 1. The highest BCUT2D eigenvalue weighted by molar-refractivity contribution is 6.02. The van der Waals surface area contributed by atoms with Gasteiger partial charge in [0.25, 0.3) is 0 Å². The van der Waals surface area contributed by atoms with Crippen molar-refractivity contribution >= 4 is 22.4 Å². The van der Waals surface area contributed by atoms with Gasteiger partial charge in [0.15, 0.2) is 0 Å². The fraction of sp³-hybridized carbons (Fsp3) is 0.476. The second kappa shape index (κ2) is 6.56. The number of hydrogen-bond acceptors (Lipinski definition) is 2. The van der Waals surface area contributed by atoms with Gasteiger partial charge in [-0.25, -0.2) is 0 Å². The molecular weight excluding hydrogens is 296 g/mol. The molecule has 0 aromatic heterocycles. The van der Waals surface area contributed by atoms with Gasteiger partial charge in [0.2, 0.25) is 5.91 Å². The van der Waals surface area contributed by atoms with Crippen LogP contribution in [0.15, 0.2) is 42.5 Å². The first-order valence-corrected chi connectivity index (χ1v) is 9.24. The predicted molar refractivity (Wildman–Crippen MR) is 99.2 cm³/mol. The van der Waals surface area contributed by atoms with E-state index in [4.69, 9.17) is 0 Å². The average Bonchev–Trinajstić information content (AvgIpc) is 3.23. The van der Waals surface area contributed by atoms with Gasteiger partial charge in [-0.2, -0.15) is 0 Å². The van der Waals surface area contributed by atoms with Gasteiger partial charge >= 0.3 is 0 Å². The zero-order valence-electron chi connectivity index (χ0n) is 14.3. The molecule has 2 aromatic carbocycles. The number of anilines is 1. The molecule has 1 N–H and O–H groups in total. The van der Waals surface area contributed by atoms with E-state index in [1.54, 1.807) is 0 Å². The first-order valence-electron chi connectivity index (χ1n) is 9.24. The van der Waals surface area contributed by atoms with Gasteiger partial charge in [0.1, 0.15) is 0 Å². The molecule has 1 amide bonds. The number of likely N-dealkylation sites (tertiary alicyclic amines) is 1. The number of rotatable bonds is 4. The third-order valence-electron chi connectivity index (χ3n) is 5.90. The molecule has 24 heavy (non-hydrogen) atoms. The molecule has 0 radical (unpaired) electrons. The Morgan fingerprint density at radius 1 is 1.04 bits per heavy atom. The summed E-state index contributed by atoms with van der Waals surface area (Å²) in [6.07, 6.45) is 7.50. The Bertz CT molecular complexity index is 728. The smallest absolute Gasteiger partial charge is 0.225 e. The Hall–Kier alpha value is -1.87. The lowest BCUT2D eigenvalue weighted by molar-refractivity contribution is -0.116. The van der Waals surface area contributed by atoms with Crippen molar-refractivity contribution < 1.29 is 4.79 Å². The van der Waals surface area contributed by atoms with Crippen molar-refractivity contribution in [1.82, 2.24) is 4.90 Å². The summed E-state index contributed by atoms with van der Waals surface area (Å²) in [5.74, 6) is 0.124. The molecule has 1 saturated heterocycles. The summed E-state index contributed by atoms with van der Waals surface area (Å²) in [7, 11) is 0. The van der Waals surface area contributed by atoms with E-state index in [0.717, 1.165) is 23.0 Å². The molecule has 1 heterocycles. The Labute approximate surface area is 144 Å². The minimum absolute atomic E-state index is 0.124. The third-order valence-corrected chi connectivity index (χ3v) is 5.90. The molecule has 4 rings (SSSR count). The lowest BCUT2D eigenvalue weighted by atomic mass is 9.86. The SMILES string of the molecule is O=C(CCN1CCC2(CCCC2)C1)Nc1cccc2ccccc12. The Morgan fingerprint density at radius 3 is 2.71 bits per heavy atom. The largest absolute Gasteiger partial charge is 0.325 e. The molecule has 0 unspecified atom stereocenters. The van der Waals surface area contributed by atoms with Gasteiger partial charge in [-0.15, -0.1) is 0 Å². The fourth-order valence-corrected chi connectivity index (χ4v) is 4.56. The molecule has 2 aliphatic rings. The van der Waals surface area contributed by atoms with Gasteiger partial charge in [-0.05, 0) is 42.7 Å². The van der Waals surface area contributed by atoms with E-state index in [9.17, 15) is 4.79 Å². The summed E-state index contributed by atoms with van der Waals surface area (Å²) in [6.45, 7) is 3.26. The number of carbonyl (C=O) groups is 1. The van der Waals surface area contributed by atoms with Crippen LogP contribution in [0.1, 0.15) is 38.5 Å². The molecule has 126 valence electrons. The van der Waals surface area contributed by atoms with E-state index in [1.807, 2.05) is 24.3 Å². The van der Waals surface area contributed by atoms with Crippen LogP contribution in [0.25, 0.3) is 10.8 Å². The van der Waals surface area contributed by atoms with Crippen molar-refractivity contribution in [1.29, 1.82) is 0 Å². The normalized spacial score (nSPS) is 20.0. The van der Waals surface area contributed by atoms with Crippen LogP contribution in [-0.4, -0.2) is 30.4 Å². The summed E-state index contributed by atoms with van der Waals surface area (Å²) in [5.41, 5.74) is 1.51. The van der Waals surface area contributed by atoms with Crippen LogP contribution < -0.4 is 5.32 Å². The van der Waals surface area contributed by atoms with Gasteiger partial charge in [0, 0.05) is 30.6 Å². The number of fused-ring (bicyclic) bond motifs is 1. The van der Waals surface area contributed by atoms with Gasteiger partial charge in [-0.1, -0.05) is 49.2 Å². The zero-order chi connectivity index (χ0) is 16.4. The topological polar surface area (TPSA) is 32.3 Å². The summed E-state index contributed by atoms with van der Waals surface area (Å²) in [5, 5.41) is 5.38. The monoisotopic (exact) mass is 322 g/mol. The number of amides is 1. The number of nitrogens with one attached hydrogen (secondary N) is 1. The van der Waals surface area contributed by atoms with Crippen LogP contribution in [0.2, 0.25) is 0 Å². The van der Waals surface area contributed by atoms with Crippen molar-refractivity contribution in [2.24, 2.45) is 5.41 Å². The van der Waals surface area contributed by atoms with E-state index < -0.39 is 0 Å². The van der Waals surface area contributed by atoms with Crippen LogP contribution in [0.5, 0.6) is 0 Å². The van der Waals surface area contributed by atoms with Gasteiger partial charge < -0.3 is 10.2 Å². The maximum atomic E-state index is 12.4. The van der Waals surface area contributed by atoms with Crippen LogP contribution in [0, 0.1) is 5.41 Å². The third kappa shape index (κ3) is 3.18. The predicted octanol–water partition coefficient (Wildman–Crippen LogP) is 4.43. The fourth-order valence-electron chi connectivity index (χ4n) is 4.56. The molecule has 3 heteroatoms. The van der Waals surface area contributed by atoms with E-state index in [1.165, 1.54) is 45.2 Å². The van der Waals surface area contributed by atoms with Crippen LogP contribution in [-0.2, 0) is 4.79 Å². The molecule has 3 nitrogen and oxygen atoms in total. The van der Waals surface area contributed by atoms with Crippen LogP contribution in [0.3, 0.4) is 0 Å². The average molecular weight is 322 g/mol. The molecule has 0 bridgehead atoms. The highest BCUT2D eigenvalue weighted by atomic mass is 16.1. The Morgan fingerprint density at radius 2 is 1.83 bits per heavy atom. The van der Waals surface area contributed by atoms with Crippen molar-refractivity contribution in [2.45, 2.75) is 38.5 Å². The quantitative estimate of drug-likeness (QED) is 0.903. The molecule has 1 spiro atoms. The van der Waals surface area contributed by atoms with Crippen molar-refractivity contribution in [3.63, 3.8) is 0 Å². The summed E-state index contributed by atoms with van der Waals surface area (Å²) < 4.78 is 0. The highest BCUT2D eigenvalue weighted by Gasteiger charge is 2.39. The minimum atomic E-state index is 0.124.